The first kappa shape index (κ1) is 17.4. The number of carbonyl (C=O) groups excluding carboxylic acids is 2. The van der Waals surface area contributed by atoms with Crippen LogP contribution in [0.1, 0.15) is 28.9 Å². The highest BCUT2D eigenvalue weighted by Gasteiger charge is 2.22. The fraction of sp³-hybridized carbons (Fsp3) is 0.421. The topological polar surface area (TPSA) is 74.3 Å². The van der Waals surface area contributed by atoms with Crippen molar-refractivity contribution in [3.05, 3.63) is 41.6 Å². The van der Waals surface area contributed by atoms with Crippen LogP contribution in [-0.4, -0.2) is 54.4 Å². The average Bonchev–Trinajstić information content (AvgIpc) is 2.63. The summed E-state index contributed by atoms with van der Waals surface area (Å²) < 4.78 is 0. The lowest BCUT2D eigenvalue weighted by Gasteiger charge is -2.31. The summed E-state index contributed by atoms with van der Waals surface area (Å²) in [4.78, 5) is 30.6. The molecule has 1 aromatic heterocycles. The molecule has 1 aliphatic heterocycles. The van der Waals surface area contributed by atoms with Crippen LogP contribution in [0.5, 0.6) is 0 Å². The van der Waals surface area contributed by atoms with Crippen LogP contribution in [0.4, 0.5) is 0 Å². The summed E-state index contributed by atoms with van der Waals surface area (Å²) in [5.41, 5.74) is 2.35. The molecular weight excluding hydrogens is 316 g/mol. The number of benzene rings is 1. The second-order valence-electron chi connectivity index (χ2n) is 6.54. The number of hydrogen-bond acceptors (Lipinski definition) is 4. The highest BCUT2D eigenvalue weighted by Crippen LogP contribution is 2.18. The molecule has 1 fully saturated rings. The van der Waals surface area contributed by atoms with Gasteiger partial charge < -0.3 is 10.6 Å². The van der Waals surface area contributed by atoms with Crippen molar-refractivity contribution in [2.45, 2.75) is 25.8 Å². The summed E-state index contributed by atoms with van der Waals surface area (Å²) in [6.45, 7) is 4.03. The summed E-state index contributed by atoms with van der Waals surface area (Å²) in [5, 5.41) is 6.80. The lowest BCUT2D eigenvalue weighted by molar-refractivity contribution is -0.122. The van der Waals surface area contributed by atoms with Gasteiger partial charge in [-0.25, -0.2) is 4.98 Å². The molecule has 0 unspecified atom stereocenters. The Labute approximate surface area is 147 Å². The summed E-state index contributed by atoms with van der Waals surface area (Å²) in [6.07, 6.45) is 1.69. The molecule has 0 spiro atoms. The summed E-state index contributed by atoms with van der Waals surface area (Å²) in [7, 11) is 1.65. The minimum Gasteiger partial charge on any atom is -0.358 e. The van der Waals surface area contributed by atoms with Gasteiger partial charge in [-0.1, -0.05) is 18.2 Å². The molecule has 2 N–H and O–H groups in total. The first-order valence-electron chi connectivity index (χ1n) is 8.67. The SMILES string of the molecule is CNC(=O)CN1CCC(NC(=O)c2cc(C)c3ccccc3n2)CC1. The Morgan fingerprint density at radius 2 is 1.96 bits per heavy atom. The molecule has 6 nitrogen and oxygen atoms in total. The molecular formula is C19H24N4O2. The number of carbonyl (C=O) groups is 2. The van der Waals surface area contributed by atoms with E-state index in [0.29, 0.717) is 12.2 Å². The van der Waals surface area contributed by atoms with E-state index in [2.05, 4.69) is 20.5 Å². The lowest BCUT2D eigenvalue weighted by atomic mass is 10.0. The Balaban J connectivity index is 1.61. The van der Waals surface area contributed by atoms with E-state index in [1.54, 1.807) is 7.05 Å². The van der Waals surface area contributed by atoms with Gasteiger partial charge in [0.15, 0.2) is 0 Å². The van der Waals surface area contributed by atoms with Gasteiger partial charge in [-0.05, 0) is 37.5 Å². The maximum Gasteiger partial charge on any atom is 0.270 e. The molecule has 0 radical (unpaired) electrons. The van der Waals surface area contributed by atoms with E-state index in [1.807, 2.05) is 37.3 Å². The number of aryl methyl sites for hydroxylation is 1. The zero-order valence-corrected chi connectivity index (χ0v) is 14.7. The number of piperidine rings is 1. The molecule has 6 heteroatoms. The normalized spacial score (nSPS) is 15.9. The van der Waals surface area contributed by atoms with E-state index >= 15 is 0 Å². The first-order chi connectivity index (χ1) is 12.1. The van der Waals surface area contributed by atoms with E-state index in [-0.39, 0.29) is 17.9 Å². The van der Waals surface area contributed by atoms with Crippen molar-refractivity contribution in [2.75, 3.05) is 26.7 Å². The second-order valence-corrected chi connectivity index (χ2v) is 6.54. The maximum absolute atomic E-state index is 12.6. The van der Waals surface area contributed by atoms with Crippen molar-refractivity contribution in [1.29, 1.82) is 0 Å². The number of para-hydroxylation sites is 1. The van der Waals surface area contributed by atoms with Crippen LogP contribution in [0.2, 0.25) is 0 Å². The average molecular weight is 340 g/mol. The molecule has 3 rings (SSSR count). The minimum absolute atomic E-state index is 0.0262. The molecule has 1 saturated heterocycles. The Morgan fingerprint density at radius 1 is 1.24 bits per heavy atom. The van der Waals surface area contributed by atoms with Crippen molar-refractivity contribution in [2.24, 2.45) is 0 Å². The predicted molar refractivity (Wildman–Crippen MR) is 97.5 cm³/mol. The Morgan fingerprint density at radius 3 is 2.68 bits per heavy atom. The van der Waals surface area contributed by atoms with E-state index in [0.717, 1.165) is 42.4 Å². The van der Waals surface area contributed by atoms with Crippen LogP contribution in [-0.2, 0) is 4.79 Å². The van der Waals surface area contributed by atoms with Gasteiger partial charge in [-0.15, -0.1) is 0 Å². The van der Waals surface area contributed by atoms with Crippen LogP contribution in [0.25, 0.3) is 10.9 Å². The lowest BCUT2D eigenvalue weighted by Crippen LogP contribution is -2.47. The van der Waals surface area contributed by atoms with Gasteiger partial charge in [-0.2, -0.15) is 0 Å². The zero-order valence-electron chi connectivity index (χ0n) is 14.7. The summed E-state index contributed by atoms with van der Waals surface area (Å²) >= 11 is 0. The first-order valence-corrected chi connectivity index (χ1v) is 8.67. The van der Waals surface area contributed by atoms with Crippen LogP contribution in [0, 0.1) is 6.92 Å². The molecule has 0 saturated carbocycles. The van der Waals surface area contributed by atoms with Crippen molar-refractivity contribution >= 4 is 22.7 Å². The number of nitrogens with one attached hydrogen (secondary N) is 2. The van der Waals surface area contributed by atoms with Gasteiger partial charge in [0.25, 0.3) is 5.91 Å². The predicted octanol–water partition coefficient (Wildman–Crippen LogP) is 1.48. The van der Waals surface area contributed by atoms with Crippen LogP contribution in [0.15, 0.2) is 30.3 Å². The van der Waals surface area contributed by atoms with Crippen LogP contribution < -0.4 is 10.6 Å². The monoisotopic (exact) mass is 340 g/mol. The van der Waals surface area contributed by atoms with E-state index < -0.39 is 0 Å². The number of pyridine rings is 1. The third-order valence-electron chi connectivity index (χ3n) is 4.72. The van der Waals surface area contributed by atoms with E-state index in [4.69, 9.17) is 0 Å². The molecule has 25 heavy (non-hydrogen) atoms. The summed E-state index contributed by atoms with van der Waals surface area (Å²) in [6, 6.07) is 9.82. The third kappa shape index (κ3) is 4.14. The van der Waals surface area contributed by atoms with Crippen molar-refractivity contribution in [3.63, 3.8) is 0 Å². The molecule has 132 valence electrons. The Kier molecular flexibility index (Phi) is 5.28. The van der Waals surface area contributed by atoms with Crippen molar-refractivity contribution < 1.29 is 9.59 Å². The molecule has 2 heterocycles. The fourth-order valence-corrected chi connectivity index (χ4v) is 3.24. The number of aromatic nitrogens is 1. The van der Waals surface area contributed by atoms with E-state index in [9.17, 15) is 9.59 Å². The zero-order chi connectivity index (χ0) is 17.8. The van der Waals surface area contributed by atoms with Crippen LogP contribution >= 0.6 is 0 Å². The van der Waals surface area contributed by atoms with Crippen molar-refractivity contribution in [3.8, 4) is 0 Å². The number of fused-ring (bicyclic) bond motifs is 1. The highest BCUT2D eigenvalue weighted by atomic mass is 16.2. The van der Waals surface area contributed by atoms with Crippen molar-refractivity contribution in [1.82, 2.24) is 20.5 Å². The van der Waals surface area contributed by atoms with Gasteiger partial charge in [-0.3, -0.25) is 14.5 Å². The Bertz CT molecular complexity index is 782. The van der Waals surface area contributed by atoms with Gasteiger partial charge in [0, 0.05) is 31.6 Å². The standard InChI is InChI=1S/C19H24N4O2/c1-13-11-17(22-16-6-4-3-5-15(13)16)19(25)21-14-7-9-23(10-8-14)12-18(24)20-2/h3-6,11,14H,7-10,12H2,1-2H3,(H,20,24)(H,21,25). The number of likely N-dealkylation sites (N-methyl/N-ethyl adjacent to an activating group) is 1. The quantitative estimate of drug-likeness (QED) is 0.884. The third-order valence-corrected chi connectivity index (χ3v) is 4.72. The molecule has 1 aliphatic rings. The summed E-state index contributed by atoms with van der Waals surface area (Å²) in [5.74, 6) is -0.100. The fourth-order valence-electron chi connectivity index (χ4n) is 3.24. The number of amides is 2. The number of nitrogens with zero attached hydrogens (tertiary/aromatic N) is 2. The highest BCUT2D eigenvalue weighted by molar-refractivity contribution is 5.96. The Hall–Kier alpha value is -2.47. The smallest absolute Gasteiger partial charge is 0.270 e. The molecule has 0 atom stereocenters. The van der Waals surface area contributed by atoms with Gasteiger partial charge in [0.1, 0.15) is 5.69 Å². The number of hydrogen-bond donors (Lipinski definition) is 2. The van der Waals surface area contributed by atoms with E-state index in [1.165, 1.54) is 0 Å². The second kappa shape index (κ2) is 7.61. The van der Waals surface area contributed by atoms with Gasteiger partial charge >= 0.3 is 0 Å². The molecule has 1 aromatic carbocycles. The maximum atomic E-state index is 12.6. The molecule has 2 amide bonds. The number of rotatable bonds is 4. The molecule has 2 aromatic rings. The molecule has 0 bridgehead atoms. The van der Waals surface area contributed by atoms with Gasteiger partial charge in [0.2, 0.25) is 5.91 Å². The minimum atomic E-state index is -0.126. The van der Waals surface area contributed by atoms with Crippen LogP contribution in [0.3, 0.4) is 0 Å². The molecule has 0 aliphatic carbocycles. The van der Waals surface area contributed by atoms with Gasteiger partial charge in [0.05, 0.1) is 12.1 Å². The largest absolute Gasteiger partial charge is 0.358 e. The number of likely N-dealkylation sites (tertiary alicyclic amines) is 1.